The Kier molecular flexibility index (Phi) is 5.52. The normalized spacial score (nSPS) is 19.1. The average molecular weight is 398 g/mol. The van der Waals surface area contributed by atoms with Gasteiger partial charge in [-0.3, -0.25) is 9.20 Å². The molecule has 142 valence electrons. The van der Waals surface area contributed by atoms with Crippen molar-refractivity contribution in [2.75, 3.05) is 23.8 Å². The van der Waals surface area contributed by atoms with E-state index in [1.807, 2.05) is 31.2 Å². The molecule has 1 fully saturated rings. The summed E-state index contributed by atoms with van der Waals surface area (Å²) in [6, 6.07) is 1.73. The molecule has 0 saturated carbocycles. The van der Waals surface area contributed by atoms with Crippen LogP contribution in [0.4, 0.5) is 0 Å². The van der Waals surface area contributed by atoms with Crippen molar-refractivity contribution < 1.29 is 13.2 Å². The second-order valence-corrected chi connectivity index (χ2v) is 9.76. The van der Waals surface area contributed by atoms with E-state index in [1.54, 1.807) is 4.90 Å². The van der Waals surface area contributed by atoms with Crippen LogP contribution in [0.3, 0.4) is 0 Å². The van der Waals surface area contributed by atoms with Crippen LogP contribution in [0.5, 0.6) is 0 Å². The largest absolute Gasteiger partial charge is 0.338 e. The van der Waals surface area contributed by atoms with Gasteiger partial charge in [-0.1, -0.05) is 18.7 Å². The summed E-state index contributed by atoms with van der Waals surface area (Å²) < 4.78 is 25.3. The molecule has 1 saturated heterocycles. The molecule has 0 bridgehead atoms. The van der Waals surface area contributed by atoms with Crippen LogP contribution in [0.1, 0.15) is 31.2 Å². The number of amides is 1. The van der Waals surface area contributed by atoms with E-state index in [1.165, 1.54) is 11.8 Å². The van der Waals surface area contributed by atoms with Gasteiger partial charge in [0.2, 0.25) is 5.91 Å². The molecule has 26 heavy (non-hydrogen) atoms. The minimum atomic E-state index is -3.02. The standard InChI is InChI=1S/C16H23N5O3S2/c1-4-6-20(13-5-7-26(23,24)10-13)14(22)9-25-16-19-18-15-17-11(2)8-12(3)21(15)16/h8,13H,4-7,9-10H2,1-3H3/t13-/m1/s1. The lowest BCUT2D eigenvalue weighted by Crippen LogP contribution is -2.42. The van der Waals surface area contributed by atoms with E-state index in [0.29, 0.717) is 23.9 Å². The summed E-state index contributed by atoms with van der Waals surface area (Å²) in [5.74, 6) is 0.889. The zero-order valence-corrected chi connectivity index (χ0v) is 16.8. The van der Waals surface area contributed by atoms with Crippen molar-refractivity contribution in [3.05, 3.63) is 17.5 Å². The summed E-state index contributed by atoms with van der Waals surface area (Å²) in [4.78, 5) is 18.8. The highest BCUT2D eigenvalue weighted by Crippen LogP contribution is 2.22. The third-order valence-corrected chi connectivity index (χ3v) is 7.09. The van der Waals surface area contributed by atoms with E-state index in [2.05, 4.69) is 15.2 Å². The third-order valence-electron chi connectivity index (χ3n) is 4.42. The molecule has 3 heterocycles. The first-order valence-electron chi connectivity index (χ1n) is 8.63. The van der Waals surface area contributed by atoms with E-state index < -0.39 is 9.84 Å². The first-order chi connectivity index (χ1) is 12.3. The van der Waals surface area contributed by atoms with Gasteiger partial charge in [0.1, 0.15) is 0 Å². The smallest absolute Gasteiger partial charge is 0.256 e. The zero-order chi connectivity index (χ0) is 18.9. The SMILES string of the molecule is CCCN(C(=O)CSc1nnc2nc(C)cc(C)n12)[C@@H]1CCS(=O)(=O)C1. The van der Waals surface area contributed by atoms with Crippen molar-refractivity contribution in [3.63, 3.8) is 0 Å². The summed E-state index contributed by atoms with van der Waals surface area (Å²) in [6.45, 7) is 6.40. The maximum absolute atomic E-state index is 12.7. The molecule has 0 spiro atoms. The third kappa shape index (κ3) is 4.01. The quantitative estimate of drug-likeness (QED) is 0.677. The van der Waals surface area contributed by atoms with Crippen LogP contribution in [-0.4, -0.2) is 68.7 Å². The van der Waals surface area contributed by atoms with Gasteiger partial charge in [0.05, 0.1) is 17.3 Å². The summed E-state index contributed by atoms with van der Waals surface area (Å²) in [5.41, 5.74) is 1.83. The Bertz CT molecular complexity index is 925. The fourth-order valence-corrected chi connectivity index (χ4v) is 5.88. The van der Waals surface area contributed by atoms with Gasteiger partial charge in [0.15, 0.2) is 15.0 Å². The van der Waals surface area contributed by atoms with Crippen LogP contribution in [0.15, 0.2) is 11.2 Å². The molecule has 10 heteroatoms. The minimum absolute atomic E-state index is 0.0616. The van der Waals surface area contributed by atoms with E-state index >= 15 is 0 Å². The zero-order valence-electron chi connectivity index (χ0n) is 15.2. The van der Waals surface area contributed by atoms with Crippen molar-refractivity contribution in [3.8, 4) is 0 Å². The predicted molar refractivity (Wildman–Crippen MR) is 100 cm³/mol. The Morgan fingerprint density at radius 2 is 2.15 bits per heavy atom. The van der Waals surface area contributed by atoms with Crippen LogP contribution in [0, 0.1) is 13.8 Å². The van der Waals surface area contributed by atoms with Crippen LogP contribution in [0.2, 0.25) is 0 Å². The molecule has 2 aromatic heterocycles. The Morgan fingerprint density at radius 1 is 1.38 bits per heavy atom. The molecule has 0 N–H and O–H groups in total. The summed E-state index contributed by atoms with van der Waals surface area (Å²) in [6.07, 6.45) is 1.32. The fourth-order valence-electron chi connectivity index (χ4n) is 3.28. The van der Waals surface area contributed by atoms with Gasteiger partial charge in [-0.15, -0.1) is 10.2 Å². The summed E-state index contributed by atoms with van der Waals surface area (Å²) in [5, 5.41) is 8.83. The summed E-state index contributed by atoms with van der Waals surface area (Å²) >= 11 is 1.31. The van der Waals surface area contributed by atoms with Gasteiger partial charge in [0, 0.05) is 24.0 Å². The fraction of sp³-hybridized carbons (Fsp3) is 0.625. The minimum Gasteiger partial charge on any atom is -0.338 e. The number of sulfone groups is 1. The summed E-state index contributed by atoms with van der Waals surface area (Å²) in [7, 11) is -3.02. The molecule has 0 unspecified atom stereocenters. The highest BCUT2D eigenvalue weighted by atomic mass is 32.2. The van der Waals surface area contributed by atoms with E-state index in [4.69, 9.17) is 0 Å². The molecule has 1 aliphatic heterocycles. The van der Waals surface area contributed by atoms with Crippen LogP contribution in [0.25, 0.3) is 5.78 Å². The molecule has 8 nitrogen and oxygen atoms in total. The molecule has 3 rings (SSSR count). The Labute approximate surface area is 157 Å². The second kappa shape index (κ2) is 7.51. The Morgan fingerprint density at radius 3 is 2.81 bits per heavy atom. The molecule has 0 radical (unpaired) electrons. The van der Waals surface area contributed by atoms with Gasteiger partial charge < -0.3 is 4.90 Å². The number of thioether (sulfide) groups is 1. The number of aryl methyl sites for hydroxylation is 2. The van der Waals surface area contributed by atoms with Crippen molar-refractivity contribution >= 4 is 33.3 Å². The molecule has 1 atom stereocenters. The molecular weight excluding hydrogens is 374 g/mol. The molecular formula is C16H23N5O3S2. The van der Waals surface area contributed by atoms with Crippen LogP contribution in [-0.2, 0) is 14.6 Å². The number of fused-ring (bicyclic) bond motifs is 1. The number of nitrogens with zero attached hydrogens (tertiary/aromatic N) is 5. The van der Waals surface area contributed by atoms with Gasteiger partial charge in [-0.2, -0.15) is 0 Å². The number of aromatic nitrogens is 4. The molecule has 1 aliphatic rings. The molecule has 0 aromatic carbocycles. The van der Waals surface area contributed by atoms with Gasteiger partial charge in [-0.05, 0) is 32.8 Å². The lowest BCUT2D eigenvalue weighted by atomic mass is 10.2. The Hall–Kier alpha value is -1.68. The van der Waals surface area contributed by atoms with Crippen molar-refractivity contribution in [1.29, 1.82) is 0 Å². The van der Waals surface area contributed by atoms with E-state index in [0.717, 1.165) is 17.8 Å². The first-order valence-corrected chi connectivity index (χ1v) is 11.4. The van der Waals surface area contributed by atoms with Crippen molar-refractivity contribution in [2.24, 2.45) is 0 Å². The van der Waals surface area contributed by atoms with Gasteiger partial charge >= 0.3 is 0 Å². The van der Waals surface area contributed by atoms with Gasteiger partial charge in [-0.25, -0.2) is 13.4 Å². The second-order valence-electron chi connectivity index (χ2n) is 6.59. The number of hydrogen-bond donors (Lipinski definition) is 0. The number of rotatable bonds is 6. The number of carbonyl (C=O) groups is 1. The highest BCUT2D eigenvalue weighted by molar-refractivity contribution is 7.99. The first kappa shape index (κ1) is 19.1. The topological polar surface area (TPSA) is 97.5 Å². The maximum atomic E-state index is 12.7. The average Bonchev–Trinajstić information content (AvgIpc) is 3.13. The Balaban J connectivity index is 1.73. The van der Waals surface area contributed by atoms with Gasteiger partial charge in [0.25, 0.3) is 5.78 Å². The monoisotopic (exact) mass is 397 g/mol. The number of carbonyl (C=O) groups excluding carboxylic acids is 1. The lowest BCUT2D eigenvalue weighted by Gasteiger charge is -2.27. The lowest BCUT2D eigenvalue weighted by molar-refractivity contribution is -0.130. The molecule has 1 amide bonds. The van der Waals surface area contributed by atoms with E-state index in [-0.39, 0.29) is 29.2 Å². The van der Waals surface area contributed by atoms with Crippen LogP contribution < -0.4 is 0 Å². The molecule has 0 aliphatic carbocycles. The maximum Gasteiger partial charge on any atom is 0.256 e. The van der Waals surface area contributed by atoms with E-state index in [9.17, 15) is 13.2 Å². The predicted octanol–water partition coefficient (Wildman–Crippen LogP) is 1.26. The van der Waals surface area contributed by atoms with Crippen LogP contribution >= 0.6 is 11.8 Å². The molecule has 2 aromatic rings. The number of hydrogen-bond acceptors (Lipinski definition) is 7. The van der Waals surface area contributed by atoms with Crippen molar-refractivity contribution in [1.82, 2.24) is 24.5 Å². The van der Waals surface area contributed by atoms with Crippen molar-refractivity contribution in [2.45, 2.75) is 44.8 Å². The highest BCUT2D eigenvalue weighted by Gasteiger charge is 2.34.